The highest BCUT2D eigenvalue weighted by Gasteiger charge is 2.46. The number of carbonyl (C=O) groups excluding carboxylic acids is 1. The Labute approximate surface area is 362 Å². The molecule has 0 aliphatic heterocycles. The summed E-state index contributed by atoms with van der Waals surface area (Å²) < 4.78 is 58.6. The van der Waals surface area contributed by atoms with Crippen molar-refractivity contribution in [2.75, 3.05) is 13.1 Å². The van der Waals surface area contributed by atoms with E-state index in [4.69, 9.17) is 0 Å². The first-order valence-corrected chi connectivity index (χ1v) is 21.7. The van der Waals surface area contributed by atoms with Crippen molar-refractivity contribution in [1.82, 2.24) is 19.4 Å². The lowest BCUT2D eigenvalue weighted by Crippen LogP contribution is -2.74. The SMILES string of the molecule is Bc1c(B)c(-c2c(B)c(B)c(C(F)(F)F)c(B)c2B)c(B)c(B)c1CN(C(=O)Cn1c(SCc2ccc(F)cc2)nc(=O)c2c1CCC2)C(B)(B)C(B)(B)N(CC)CC. The summed E-state index contributed by atoms with van der Waals surface area (Å²) in [5.41, 5.74) is 9.99. The quantitative estimate of drug-likeness (QED) is 0.0583. The molecule has 0 saturated heterocycles. The highest BCUT2D eigenvalue weighted by Crippen LogP contribution is 2.30. The number of alkyl halides is 3. The third-order valence-electron chi connectivity index (χ3n) is 14.1. The molecule has 296 valence electrons. The lowest BCUT2D eigenvalue weighted by atomic mass is 9.36. The third kappa shape index (κ3) is 8.67. The summed E-state index contributed by atoms with van der Waals surface area (Å²) in [6.45, 7) is 6.10. The van der Waals surface area contributed by atoms with Gasteiger partial charge in [-0.05, 0) is 77.4 Å². The third-order valence-corrected chi connectivity index (χ3v) is 15.1. The lowest BCUT2D eigenvalue weighted by molar-refractivity contribution is -0.136. The van der Waals surface area contributed by atoms with Gasteiger partial charge >= 0.3 is 6.18 Å². The van der Waals surface area contributed by atoms with E-state index in [0.717, 1.165) is 69.3 Å². The zero-order valence-corrected chi connectivity index (χ0v) is 38.3. The van der Waals surface area contributed by atoms with Gasteiger partial charge in [0.1, 0.15) is 107 Å². The van der Waals surface area contributed by atoms with Crippen molar-refractivity contribution in [1.29, 1.82) is 0 Å². The smallest absolute Gasteiger partial charge is 0.347 e. The highest BCUT2D eigenvalue weighted by molar-refractivity contribution is 7.98. The van der Waals surface area contributed by atoms with Crippen LogP contribution in [0.15, 0.2) is 34.2 Å². The number of fused-ring (bicyclic) bond motifs is 1. The summed E-state index contributed by atoms with van der Waals surface area (Å²) in [4.78, 5) is 37.6. The Morgan fingerprint density at radius 2 is 1.29 bits per heavy atom. The Balaban J connectivity index is 1.67. The summed E-state index contributed by atoms with van der Waals surface area (Å²) in [6, 6.07) is 6.25. The van der Waals surface area contributed by atoms with Crippen molar-refractivity contribution in [3.05, 3.63) is 68.4 Å². The minimum absolute atomic E-state index is 0.0181. The first kappa shape index (κ1) is 46.9. The summed E-state index contributed by atoms with van der Waals surface area (Å²) in [5.74, 6) is 0.00875. The number of carbonyl (C=O) groups is 1. The molecule has 1 amide bonds. The maximum Gasteiger partial charge on any atom is 0.415 e. The molecule has 59 heavy (non-hydrogen) atoms. The molecule has 0 saturated carbocycles. The van der Waals surface area contributed by atoms with E-state index in [2.05, 4.69) is 70.8 Å². The number of rotatable bonds is 13. The average molecular weight is 809 g/mol. The second-order valence-electron chi connectivity index (χ2n) is 17.4. The van der Waals surface area contributed by atoms with Gasteiger partial charge in [0, 0.05) is 29.1 Å². The van der Waals surface area contributed by atoms with Crippen LogP contribution in [0.5, 0.6) is 0 Å². The molecule has 4 aromatic rings. The molecule has 1 aliphatic rings. The van der Waals surface area contributed by atoms with Crippen LogP contribution >= 0.6 is 11.8 Å². The molecule has 0 N–H and O–H groups in total. The lowest BCUT2D eigenvalue weighted by Gasteiger charge is -2.56. The second kappa shape index (κ2) is 17.7. The Morgan fingerprint density at radius 1 is 0.780 bits per heavy atom. The van der Waals surface area contributed by atoms with E-state index < -0.39 is 22.4 Å². The van der Waals surface area contributed by atoms with E-state index in [1.807, 2.05) is 25.2 Å². The molecule has 0 spiro atoms. The van der Waals surface area contributed by atoms with Gasteiger partial charge in [-0.3, -0.25) is 9.59 Å². The van der Waals surface area contributed by atoms with Gasteiger partial charge in [0.05, 0.1) is 0 Å². The van der Waals surface area contributed by atoms with Crippen LogP contribution in [0.4, 0.5) is 17.6 Å². The summed E-state index contributed by atoms with van der Waals surface area (Å²) >= 11 is 1.37. The normalized spacial score (nSPS) is 13.2. The molecule has 0 unspecified atom stereocenters. The van der Waals surface area contributed by atoms with Gasteiger partial charge in [0.15, 0.2) is 5.16 Å². The average Bonchev–Trinajstić information content (AvgIpc) is 3.66. The summed E-state index contributed by atoms with van der Waals surface area (Å²) in [6.07, 6.45) is -2.38. The fraction of sp³-hybridized carbons (Fsp3) is 0.361. The number of aromatic nitrogens is 2. The van der Waals surface area contributed by atoms with Gasteiger partial charge in [-0.1, -0.05) is 81.4 Å². The monoisotopic (exact) mass is 810 g/mol. The van der Waals surface area contributed by atoms with Gasteiger partial charge in [-0.25, -0.2) is 4.39 Å². The molecule has 1 aliphatic carbocycles. The first-order valence-electron chi connectivity index (χ1n) is 20.7. The van der Waals surface area contributed by atoms with Crippen LogP contribution in [0, 0.1) is 5.82 Å². The first-order chi connectivity index (χ1) is 27.4. The minimum atomic E-state index is -4.46. The number of benzene rings is 3. The van der Waals surface area contributed by atoms with E-state index >= 15 is 4.79 Å². The zero-order chi connectivity index (χ0) is 44.1. The Bertz CT molecular complexity index is 2300. The van der Waals surface area contributed by atoms with E-state index in [1.165, 1.54) is 23.9 Å². The van der Waals surface area contributed by atoms with Gasteiger partial charge in [0.25, 0.3) is 5.56 Å². The number of hydrogen-bond acceptors (Lipinski definition) is 5. The molecule has 23 heteroatoms. The van der Waals surface area contributed by atoms with Crippen molar-refractivity contribution in [2.45, 2.75) is 74.0 Å². The van der Waals surface area contributed by atoms with Crippen LogP contribution in [0.2, 0.25) is 0 Å². The molecule has 3 aromatic carbocycles. The number of amides is 1. The molecular formula is C36H50B12F4N4O2S. The predicted molar refractivity (Wildman–Crippen MR) is 272 cm³/mol. The maximum atomic E-state index is 15.4. The van der Waals surface area contributed by atoms with Crippen LogP contribution in [0.25, 0.3) is 11.1 Å². The summed E-state index contributed by atoms with van der Waals surface area (Å²) in [5, 5.41) is -0.738. The largest absolute Gasteiger partial charge is 0.415 e. The molecule has 0 bridgehead atoms. The van der Waals surface area contributed by atoms with Crippen molar-refractivity contribution < 1.29 is 22.4 Å². The van der Waals surface area contributed by atoms with E-state index in [1.54, 1.807) is 43.5 Å². The fourth-order valence-electron chi connectivity index (χ4n) is 9.41. The molecule has 1 aromatic heterocycles. The van der Waals surface area contributed by atoms with Crippen LogP contribution in [0.3, 0.4) is 0 Å². The number of hydrogen-bond donors (Lipinski definition) is 0. The molecule has 0 radical (unpaired) electrons. The van der Waals surface area contributed by atoms with Gasteiger partial charge in [-0.2, -0.15) is 18.2 Å². The molecule has 6 nitrogen and oxygen atoms in total. The topological polar surface area (TPSA) is 58.4 Å². The van der Waals surface area contributed by atoms with Crippen LogP contribution in [0.1, 0.15) is 48.2 Å². The Hall–Kier alpha value is -3.18. The van der Waals surface area contributed by atoms with Gasteiger partial charge in [0.2, 0.25) is 5.91 Å². The Kier molecular flexibility index (Phi) is 14.0. The van der Waals surface area contributed by atoms with Crippen LogP contribution in [-0.2, 0) is 42.7 Å². The minimum Gasteiger partial charge on any atom is -0.347 e. The van der Waals surface area contributed by atoms with Crippen molar-refractivity contribution >= 4 is 156 Å². The van der Waals surface area contributed by atoms with E-state index in [0.29, 0.717) is 46.8 Å². The number of thioether (sulfide) groups is 1. The molecule has 1 heterocycles. The maximum absolute atomic E-state index is 15.4. The number of nitrogens with zero attached hydrogens (tertiary/aromatic N) is 4. The molecule has 0 atom stereocenters. The number of halogens is 4. The summed E-state index contributed by atoms with van der Waals surface area (Å²) in [7, 11) is 23.5. The second-order valence-corrected chi connectivity index (χ2v) is 18.3. The van der Waals surface area contributed by atoms with E-state index in [-0.39, 0.29) is 34.8 Å². The zero-order valence-electron chi connectivity index (χ0n) is 37.5. The molecule has 5 rings (SSSR count). The Morgan fingerprint density at radius 3 is 1.78 bits per heavy atom. The van der Waals surface area contributed by atoms with Crippen LogP contribution in [-0.4, -0.2) is 143 Å². The van der Waals surface area contributed by atoms with Crippen molar-refractivity contribution in [3.8, 4) is 11.1 Å². The van der Waals surface area contributed by atoms with Crippen molar-refractivity contribution in [2.24, 2.45) is 0 Å². The van der Waals surface area contributed by atoms with Gasteiger partial charge < -0.3 is 14.4 Å². The van der Waals surface area contributed by atoms with Crippen LogP contribution < -0.4 is 49.3 Å². The molecular weight excluding hydrogens is 758 g/mol. The highest BCUT2D eigenvalue weighted by atomic mass is 32.2. The van der Waals surface area contributed by atoms with Crippen molar-refractivity contribution in [3.63, 3.8) is 0 Å². The number of likely N-dealkylation sites (N-methyl/N-ethyl adjacent to an activating group) is 1. The van der Waals surface area contributed by atoms with Gasteiger partial charge in [-0.15, -0.1) is 0 Å². The predicted octanol–water partition coefficient (Wildman–Crippen LogP) is -10.9. The van der Waals surface area contributed by atoms with E-state index in [9.17, 15) is 22.4 Å². The standard InChI is InChI=1S/C36H50B12F4N4O2S/c1-3-54(4-2)35(45,46)36(47,48)56(20(57)13-55-19-7-5-6-17(19)32(58)53-33(55)59-14-15-8-10-16(49)11-9-15)12-18-24(37)26(39)21(27(40)25(18)38)22-28(41)30(43)23(34(50,51)52)31(44)29(22)42/h8-11H,3-7,12-14,37-48H2,1-2H3. The fourth-order valence-corrected chi connectivity index (χ4v) is 10.4. The molecule has 0 fully saturated rings.